The van der Waals surface area contributed by atoms with Crippen molar-refractivity contribution in [1.29, 1.82) is 0 Å². The monoisotopic (exact) mass is 256 g/mol. The van der Waals surface area contributed by atoms with Gasteiger partial charge >= 0.3 is 0 Å². The Morgan fingerprint density at radius 3 is 2.65 bits per heavy atom. The highest BCUT2D eigenvalue weighted by molar-refractivity contribution is 6.29. The van der Waals surface area contributed by atoms with E-state index in [2.05, 4.69) is 10.3 Å². The molecule has 1 heterocycles. The molecule has 0 saturated heterocycles. The van der Waals surface area contributed by atoms with E-state index in [9.17, 15) is 9.90 Å². The van der Waals surface area contributed by atoms with Crippen molar-refractivity contribution in [1.82, 2.24) is 10.3 Å². The average Bonchev–Trinajstić information content (AvgIpc) is 2.35. The van der Waals surface area contributed by atoms with Crippen LogP contribution in [0.15, 0.2) is 18.2 Å². The maximum Gasteiger partial charge on any atom is 0.270 e. The van der Waals surface area contributed by atoms with Gasteiger partial charge in [0.15, 0.2) is 0 Å². The van der Waals surface area contributed by atoms with E-state index in [4.69, 9.17) is 11.6 Å². The Bertz CT molecular complexity index is 392. The number of nitrogens with one attached hydrogen (secondary N) is 1. The number of hydrogen-bond donors (Lipinski definition) is 2. The van der Waals surface area contributed by atoms with Gasteiger partial charge in [-0.3, -0.25) is 4.79 Å². The molecular weight excluding hydrogens is 240 g/mol. The molecule has 0 fully saturated rings. The minimum absolute atomic E-state index is 0.215. The Labute approximate surface area is 106 Å². The lowest BCUT2D eigenvalue weighted by Crippen LogP contribution is -2.42. The van der Waals surface area contributed by atoms with E-state index in [1.165, 1.54) is 0 Å². The summed E-state index contributed by atoms with van der Waals surface area (Å²) in [6.45, 7) is 3.98. The third-order valence-corrected chi connectivity index (χ3v) is 3.05. The first-order chi connectivity index (χ1) is 8.00. The molecule has 1 aromatic rings. The van der Waals surface area contributed by atoms with Gasteiger partial charge in [0.05, 0.1) is 5.60 Å². The zero-order valence-corrected chi connectivity index (χ0v) is 10.8. The molecular formula is C12H17ClN2O2. The number of aliphatic hydroxyl groups is 1. The maximum atomic E-state index is 11.7. The van der Waals surface area contributed by atoms with Crippen LogP contribution in [0.5, 0.6) is 0 Å². The molecule has 1 aromatic heterocycles. The Hall–Kier alpha value is -1.13. The number of carbonyl (C=O) groups excluding carboxylic acids is 1. The van der Waals surface area contributed by atoms with Crippen LogP contribution >= 0.6 is 11.6 Å². The summed E-state index contributed by atoms with van der Waals surface area (Å²) in [6.07, 6.45) is 1.18. The molecule has 17 heavy (non-hydrogen) atoms. The van der Waals surface area contributed by atoms with E-state index in [0.717, 1.165) is 0 Å². The number of halogens is 1. The van der Waals surface area contributed by atoms with E-state index < -0.39 is 5.60 Å². The van der Waals surface area contributed by atoms with Crippen LogP contribution in [0.25, 0.3) is 0 Å². The van der Waals surface area contributed by atoms with Gasteiger partial charge < -0.3 is 10.4 Å². The smallest absolute Gasteiger partial charge is 0.270 e. The molecule has 0 aromatic carbocycles. The third kappa shape index (κ3) is 3.98. The fourth-order valence-corrected chi connectivity index (χ4v) is 1.53. The van der Waals surface area contributed by atoms with Crippen LogP contribution in [0.1, 0.15) is 37.2 Å². The molecule has 0 unspecified atom stereocenters. The van der Waals surface area contributed by atoms with Crippen molar-refractivity contribution < 1.29 is 9.90 Å². The first kappa shape index (κ1) is 13.9. The highest BCUT2D eigenvalue weighted by Crippen LogP contribution is 2.13. The Morgan fingerprint density at radius 1 is 1.47 bits per heavy atom. The van der Waals surface area contributed by atoms with Gasteiger partial charge in [0, 0.05) is 6.54 Å². The molecule has 2 N–H and O–H groups in total. The predicted molar refractivity (Wildman–Crippen MR) is 67.1 cm³/mol. The maximum absolute atomic E-state index is 11.7. The molecule has 0 atom stereocenters. The molecule has 1 rings (SSSR count). The first-order valence-electron chi connectivity index (χ1n) is 5.64. The standard InChI is InChI=1S/C12H17ClN2O2/c1-3-12(17,4-2)8-14-11(16)9-6-5-7-10(13)15-9/h5-7,17H,3-4,8H2,1-2H3,(H,14,16). The lowest BCUT2D eigenvalue weighted by molar-refractivity contribution is 0.0313. The minimum Gasteiger partial charge on any atom is -0.388 e. The fourth-order valence-electron chi connectivity index (χ4n) is 1.37. The van der Waals surface area contributed by atoms with Crippen LogP contribution in [0.2, 0.25) is 5.15 Å². The molecule has 0 saturated carbocycles. The van der Waals surface area contributed by atoms with Crippen molar-refractivity contribution in [2.75, 3.05) is 6.54 Å². The van der Waals surface area contributed by atoms with Crippen molar-refractivity contribution >= 4 is 17.5 Å². The largest absolute Gasteiger partial charge is 0.388 e. The number of nitrogens with zero attached hydrogens (tertiary/aromatic N) is 1. The number of rotatable bonds is 5. The fraction of sp³-hybridized carbons (Fsp3) is 0.500. The van der Waals surface area contributed by atoms with Crippen LogP contribution in [0.4, 0.5) is 0 Å². The summed E-state index contributed by atoms with van der Waals surface area (Å²) >= 11 is 5.69. The Kier molecular flexibility index (Phi) is 4.90. The van der Waals surface area contributed by atoms with E-state index in [-0.39, 0.29) is 23.3 Å². The number of carbonyl (C=O) groups is 1. The summed E-state index contributed by atoms with van der Waals surface area (Å²) in [7, 11) is 0. The molecule has 0 radical (unpaired) electrons. The number of aromatic nitrogens is 1. The number of amides is 1. The van der Waals surface area contributed by atoms with Crippen LogP contribution in [-0.2, 0) is 0 Å². The average molecular weight is 257 g/mol. The summed E-state index contributed by atoms with van der Waals surface area (Å²) in [6, 6.07) is 4.85. The van der Waals surface area contributed by atoms with E-state index in [0.29, 0.717) is 12.8 Å². The Balaban J connectivity index is 2.62. The second-order valence-corrected chi connectivity index (χ2v) is 4.35. The molecule has 4 nitrogen and oxygen atoms in total. The van der Waals surface area contributed by atoms with Gasteiger partial charge in [0.25, 0.3) is 5.91 Å². The van der Waals surface area contributed by atoms with Gasteiger partial charge in [-0.15, -0.1) is 0 Å². The zero-order chi connectivity index (χ0) is 12.9. The molecule has 5 heteroatoms. The topological polar surface area (TPSA) is 62.2 Å². The predicted octanol–water partition coefficient (Wildman–Crippen LogP) is 2.02. The van der Waals surface area contributed by atoms with Gasteiger partial charge in [-0.25, -0.2) is 4.98 Å². The molecule has 0 spiro atoms. The van der Waals surface area contributed by atoms with Crippen molar-refractivity contribution in [3.05, 3.63) is 29.0 Å². The van der Waals surface area contributed by atoms with Crippen LogP contribution in [-0.4, -0.2) is 28.1 Å². The molecule has 0 aliphatic carbocycles. The highest BCUT2D eigenvalue weighted by Gasteiger charge is 2.23. The second kappa shape index (κ2) is 5.98. The summed E-state index contributed by atoms with van der Waals surface area (Å²) in [5.74, 6) is -0.326. The summed E-state index contributed by atoms with van der Waals surface area (Å²) in [5, 5.41) is 13.0. The van der Waals surface area contributed by atoms with Gasteiger partial charge in [0.1, 0.15) is 10.8 Å². The highest BCUT2D eigenvalue weighted by atomic mass is 35.5. The molecule has 0 bridgehead atoms. The number of pyridine rings is 1. The quantitative estimate of drug-likeness (QED) is 0.793. The summed E-state index contributed by atoms with van der Waals surface area (Å²) in [4.78, 5) is 15.6. The Morgan fingerprint density at radius 2 is 2.12 bits per heavy atom. The second-order valence-electron chi connectivity index (χ2n) is 3.96. The number of hydrogen-bond acceptors (Lipinski definition) is 3. The van der Waals surface area contributed by atoms with Crippen molar-refractivity contribution in [3.8, 4) is 0 Å². The van der Waals surface area contributed by atoms with Crippen LogP contribution in [0.3, 0.4) is 0 Å². The minimum atomic E-state index is -0.853. The van der Waals surface area contributed by atoms with Gasteiger partial charge in [0.2, 0.25) is 0 Å². The zero-order valence-electron chi connectivity index (χ0n) is 10.0. The van der Waals surface area contributed by atoms with Gasteiger partial charge in [-0.1, -0.05) is 31.5 Å². The van der Waals surface area contributed by atoms with Gasteiger partial charge in [-0.2, -0.15) is 0 Å². The van der Waals surface area contributed by atoms with E-state index >= 15 is 0 Å². The van der Waals surface area contributed by atoms with Crippen molar-refractivity contribution in [2.24, 2.45) is 0 Å². The summed E-state index contributed by atoms with van der Waals surface area (Å²) in [5.41, 5.74) is -0.596. The molecule has 0 aliphatic heterocycles. The van der Waals surface area contributed by atoms with Crippen molar-refractivity contribution in [2.45, 2.75) is 32.3 Å². The molecule has 94 valence electrons. The van der Waals surface area contributed by atoms with E-state index in [1.54, 1.807) is 18.2 Å². The molecule has 1 amide bonds. The van der Waals surface area contributed by atoms with Crippen molar-refractivity contribution in [3.63, 3.8) is 0 Å². The van der Waals surface area contributed by atoms with Crippen LogP contribution in [0, 0.1) is 0 Å². The SMILES string of the molecule is CCC(O)(CC)CNC(=O)c1cccc(Cl)n1. The lowest BCUT2D eigenvalue weighted by Gasteiger charge is -2.25. The third-order valence-electron chi connectivity index (χ3n) is 2.84. The van der Waals surface area contributed by atoms with Crippen LogP contribution < -0.4 is 5.32 Å². The lowest BCUT2D eigenvalue weighted by atomic mass is 9.97. The normalized spacial score (nSPS) is 11.3. The first-order valence-corrected chi connectivity index (χ1v) is 6.01. The summed E-state index contributed by atoms with van der Waals surface area (Å²) < 4.78 is 0. The van der Waals surface area contributed by atoms with E-state index in [1.807, 2.05) is 13.8 Å². The van der Waals surface area contributed by atoms with Gasteiger partial charge in [-0.05, 0) is 25.0 Å². The molecule has 0 aliphatic rings.